The second-order valence-corrected chi connectivity index (χ2v) is 8.52. The highest BCUT2D eigenvalue weighted by Crippen LogP contribution is 2.28. The molecule has 138 valence electrons. The van der Waals surface area contributed by atoms with Gasteiger partial charge < -0.3 is 10.2 Å². The number of likely N-dealkylation sites (tertiary alicyclic amines) is 1. The van der Waals surface area contributed by atoms with E-state index in [1.165, 1.54) is 11.1 Å². The lowest BCUT2D eigenvalue weighted by molar-refractivity contribution is -0.131. The highest BCUT2D eigenvalue weighted by Gasteiger charge is 2.24. The van der Waals surface area contributed by atoms with E-state index in [2.05, 4.69) is 47.2 Å². The molecule has 2 amide bonds. The van der Waals surface area contributed by atoms with Crippen LogP contribution >= 0.6 is 27.7 Å². The lowest BCUT2D eigenvalue weighted by atomic mass is 10.1. The number of rotatable bonds is 6. The molecular formula is C19H27BrN2O2S. The van der Waals surface area contributed by atoms with Gasteiger partial charge in [-0.15, -0.1) is 11.8 Å². The van der Waals surface area contributed by atoms with Crippen molar-refractivity contribution >= 4 is 39.5 Å². The summed E-state index contributed by atoms with van der Waals surface area (Å²) in [4.78, 5) is 27.4. The zero-order valence-electron chi connectivity index (χ0n) is 15.2. The molecule has 1 aromatic carbocycles. The van der Waals surface area contributed by atoms with E-state index in [9.17, 15) is 9.59 Å². The Bertz CT molecular complexity index is 636. The number of carbonyl (C=O) groups excluding carboxylic acids is 2. The molecule has 1 saturated heterocycles. The van der Waals surface area contributed by atoms with Gasteiger partial charge in [0.25, 0.3) is 0 Å². The zero-order chi connectivity index (χ0) is 18.4. The molecule has 4 nitrogen and oxygen atoms in total. The number of carbonyl (C=O) groups is 2. The van der Waals surface area contributed by atoms with Gasteiger partial charge in [0, 0.05) is 34.9 Å². The second kappa shape index (κ2) is 9.62. The van der Waals surface area contributed by atoms with Crippen LogP contribution in [0.1, 0.15) is 43.7 Å². The number of hydrogen-bond acceptors (Lipinski definition) is 3. The molecule has 0 spiro atoms. The number of halogens is 1. The van der Waals surface area contributed by atoms with Crippen molar-refractivity contribution in [2.75, 3.05) is 18.8 Å². The largest absolute Gasteiger partial charge is 0.352 e. The fourth-order valence-electron chi connectivity index (χ4n) is 2.99. The van der Waals surface area contributed by atoms with Crippen LogP contribution in [-0.4, -0.2) is 41.6 Å². The number of amides is 2. The lowest BCUT2D eigenvalue weighted by Gasteiger charge is -2.33. The van der Waals surface area contributed by atoms with Gasteiger partial charge in [-0.25, -0.2) is 0 Å². The minimum absolute atomic E-state index is 0.0946. The summed E-state index contributed by atoms with van der Waals surface area (Å²) in [6, 6.07) is 4.32. The van der Waals surface area contributed by atoms with E-state index in [-0.39, 0.29) is 17.9 Å². The summed E-state index contributed by atoms with van der Waals surface area (Å²) in [6.07, 6.45) is 3.31. The Morgan fingerprint density at radius 3 is 2.80 bits per heavy atom. The third-order valence-electron chi connectivity index (χ3n) is 4.42. The average Bonchev–Trinajstić information content (AvgIpc) is 2.57. The number of benzene rings is 1. The molecule has 1 atom stereocenters. The molecule has 1 aliphatic heterocycles. The number of hydrogen-bond donors (Lipinski definition) is 1. The first-order chi connectivity index (χ1) is 11.9. The second-order valence-electron chi connectivity index (χ2n) is 6.65. The van der Waals surface area contributed by atoms with Crippen molar-refractivity contribution in [2.45, 2.75) is 57.4 Å². The maximum absolute atomic E-state index is 12.6. The third-order valence-corrected chi connectivity index (χ3v) is 6.42. The van der Waals surface area contributed by atoms with E-state index < -0.39 is 0 Å². The van der Waals surface area contributed by atoms with Crippen molar-refractivity contribution < 1.29 is 9.59 Å². The van der Waals surface area contributed by atoms with E-state index in [0.29, 0.717) is 18.7 Å². The fourth-order valence-corrected chi connectivity index (χ4v) is 4.46. The van der Waals surface area contributed by atoms with Gasteiger partial charge in [0.1, 0.15) is 0 Å². The first-order valence-electron chi connectivity index (χ1n) is 8.87. The minimum Gasteiger partial charge on any atom is -0.352 e. The molecule has 0 aromatic heterocycles. The topological polar surface area (TPSA) is 49.4 Å². The molecule has 0 aliphatic carbocycles. The molecule has 1 fully saturated rings. The van der Waals surface area contributed by atoms with Crippen molar-refractivity contribution in [1.82, 2.24) is 10.2 Å². The summed E-state index contributed by atoms with van der Waals surface area (Å²) in [5, 5.41) is 3.06. The molecule has 1 unspecified atom stereocenters. The Hall–Kier alpha value is -1.01. The summed E-state index contributed by atoms with van der Waals surface area (Å²) in [5.74, 6) is 0.689. The van der Waals surface area contributed by atoms with Crippen molar-refractivity contribution in [1.29, 1.82) is 0 Å². The molecule has 1 N–H and O–H groups in total. The van der Waals surface area contributed by atoms with Crippen LogP contribution in [0.15, 0.2) is 21.5 Å². The van der Waals surface area contributed by atoms with E-state index in [1.54, 1.807) is 11.8 Å². The van der Waals surface area contributed by atoms with Crippen LogP contribution in [0.3, 0.4) is 0 Å². The maximum Gasteiger partial charge on any atom is 0.233 e. The van der Waals surface area contributed by atoms with E-state index in [1.807, 2.05) is 11.8 Å². The number of nitrogens with one attached hydrogen (secondary N) is 1. The lowest BCUT2D eigenvalue weighted by Crippen LogP contribution is -2.50. The standard InChI is InChI=1S/C19H27BrN2O2S/c1-4-6-18(23)21-15-7-5-8-22(11-15)19(24)12-25-17-10-13(2)16(20)9-14(17)3/h9-10,15H,4-8,11-12H2,1-3H3,(H,21,23). The Balaban J connectivity index is 1.88. The predicted molar refractivity (Wildman–Crippen MR) is 107 cm³/mol. The van der Waals surface area contributed by atoms with Crippen molar-refractivity contribution in [2.24, 2.45) is 0 Å². The summed E-state index contributed by atoms with van der Waals surface area (Å²) in [6.45, 7) is 7.55. The normalized spacial score (nSPS) is 17.4. The van der Waals surface area contributed by atoms with Crippen LogP contribution < -0.4 is 5.32 Å². The Morgan fingerprint density at radius 2 is 2.08 bits per heavy atom. The number of thioether (sulfide) groups is 1. The summed E-state index contributed by atoms with van der Waals surface area (Å²) in [5.41, 5.74) is 2.36. The monoisotopic (exact) mass is 426 g/mol. The van der Waals surface area contributed by atoms with E-state index >= 15 is 0 Å². The highest BCUT2D eigenvalue weighted by atomic mass is 79.9. The molecule has 25 heavy (non-hydrogen) atoms. The van der Waals surface area contributed by atoms with Gasteiger partial charge in [0.05, 0.1) is 5.75 Å². The highest BCUT2D eigenvalue weighted by molar-refractivity contribution is 9.10. The first kappa shape index (κ1) is 20.3. The third kappa shape index (κ3) is 6.03. The van der Waals surface area contributed by atoms with Gasteiger partial charge in [-0.3, -0.25) is 9.59 Å². The van der Waals surface area contributed by atoms with Crippen molar-refractivity contribution in [3.05, 3.63) is 27.7 Å². The average molecular weight is 427 g/mol. The Labute approximate surface area is 163 Å². The van der Waals surface area contributed by atoms with Crippen LogP contribution in [-0.2, 0) is 9.59 Å². The van der Waals surface area contributed by atoms with Gasteiger partial charge >= 0.3 is 0 Å². The first-order valence-corrected chi connectivity index (χ1v) is 10.6. The van der Waals surface area contributed by atoms with Crippen molar-refractivity contribution in [3.63, 3.8) is 0 Å². The van der Waals surface area contributed by atoms with Gasteiger partial charge in [-0.05, 0) is 56.4 Å². The molecule has 1 aromatic rings. The maximum atomic E-state index is 12.6. The van der Waals surface area contributed by atoms with E-state index in [4.69, 9.17) is 0 Å². The SMILES string of the molecule is CCCC(=O)NC1CCCN(C(=O)CSc2cc(C)c(Br)cc2C)C1. The van der Waals surface area contributed by atoms with Gasteiger partial charge in [0.2, 0.25) is 11.8 Å². The van der Waals surface area contributed by atoms with Gasteiger partial charge in [-0.1, -0.05) is 22.9 Å². The molecule has 0 bridgehead atoms. The summed E-state index contributed by atoms with van der Waals surface area (Å²) in [7, 11) is 0. The van der Waals surface area contributed by atoms with E-state index in [0.717, 1.165) is 35.2 Å². The van der Waals surface area contributed by atoms with Crippen molar-refractivity contribution in [3.8, 4) is 0 Å². The van der Waals surface area contributed by atoms with Crippen LogP contribution in [0.2, 0.25) is 0 Å². The molecule has 2 rings (SSSR count). The number of aryl methyl sites for hydroxylation is 2. The molecule has 6 heteroatoms. The van der Waals surface area contributed by atoms with Crippen LogP contribution in [0.25, 0.3) is 0 Å². The predicted octanol–water partition coefficient (Wildman–Crippen LogP) is 4.07. The fraction of sp³-hybridized carbons (Fsp3) is 0.579. The van der Waals surface area contributed by atoms with Crippen LogP contribution in [0.4, 0.5) is 0 Å². The van der Waals surface area contributed by atoms with Crippen LogP contribution in [0, 0.1) is 13.8 Å². The van der Waals surface area contributed by atoms with Crippen LogP contribution in [0.5, 0.6) is 0 Å². The summed E-state index contributed by atoms with van der Waals surface area (Å²) >= 11 is 5.14. The Kier molecular flexibility index (Phi) is 7.81. The number of piperidine rings is 1. The zero-order valence-corrected chi connectivity index (χ0v) is 17.6. The smallest absolute Gasteiger partial charge is 0.233 e. The molecular weight excluding hydrogens is 400 g/mol. The van der Waals surface area contributed by atoms with Gasteiger partial charge in [-0.2, -0.15) is 0 Å². The Morgan fingerprint density at radius 1 is 1.32 bits per heavy atom. The van der Waals surface area contributed by atoms with Gasteiger partial charge in [0.15, 0.2) is 0 Å². The quantitative estimate of drug-likeness (QED) is 0.697. The molecule has 1 aliphatic rings. The molecule has 0 saturated carbocycles. The summed E-state index contributed by atoms with van der Waals surface area (Å²) < 4.78 is 1.10. The minimum atomic E-state index is 0.0946. The number of nitrogens with zero attached hydrogens (tertiary/aromatic N) is 1. The molecule has 1 heterocycles. The molecule has 0 radical (unpaired) electrons.